The van der Waals surface area contributed by atoms with Crippen molar-refractivity contribution in [3.05, 3.63) is 64.1 Å². The molecule has 0 radical (unpaired) electrons. The van der Waals surface area contributed by atoms with Crippen molar-refractivity contribution >= 4 is 34.7 Å². The number of hydrogen-bond donors (Lipinski definition) is 2. The van der Waals surface area contributed by atoms with Gasteiger partial charge in [0, 0.05) is 22.3 Å². The molecule has 0 aliphatic rings. The number of urea groups is 1. The average molecular weight is 345 g/mol. The van der Waals surface area contributed by atoms with E-state index in [0.717, 1.165) is 16.4 Å². The number of amides is 2. The third-order valence-corrected chi connectivity index (χ3v) is 4.08. The molecule has 3 aromatic rings. The van der Waals surface area contributed by atoms with Gasteiger partial charge in [0.15, 0.2) is 0 Å². The Labute approximate surface area is 142 Å². The van der Waals surface area contributed by atoms with Gasteiger partial charge in [-0.25, -0.2) is 9.78 Å². The van der Waals surface area contributed by atoms with E-state index in [1.807, 2.05) is 23.6 Å². The van der Waals surface area contributed by atoms with Crippen LogP contribution in [0.3, 0.4) is 0 Å². The lowest BCUT2D eigenvalue weighted by molar-refractivity contribution is 0.251. The number of halogens is 1. The first-order valence-corrected chi connectivity index (χ1v) is 8.13. The van der Waals surface area contributed by atoms with Gasteiger partial charge in [0.2, 0.25) is 0 Å². The molecule has 0 bridgehead atoms. The maximum Gasteiger partial charge on any atom is 0.319 e. The molecule has 0 unspecified atom stereocenters. The van der Waals surface area contributed by atoms with E-state index in [9.17, 15) is 4.79 Å². The molecule has 2 aromatic heterocycles. The van der Waals surface area contributed by atoms with Crippen LogP contribution in [0.5, 0.6) is 0 Å². The number of aromatic nitrogens is 2. The topological polar surface area (TPSA) is 66.9 Å². The first-order valence-electron chi connectivity index (χ1n) is 6.87. The van der Waals surface area contributed by atoms with Crippen molar-refractivity contribution in [2.75, 3.05) is 5.32 Å². The largest absolute Gasteiger partial charge is 0.331 e. The predicted molar refractivity (Wildman–Crippen MR) is 92.7 cm³/mol. The number of hydrogen-bond acceptors (Lipinski definition) is 4. The zero-order valence-electron chi connectivity index (χ0n) is 12.0. The Morgan fingerprint density at radius 1 is 1.13 bits per heavy atom. The third-order valence-electron chi connectivity index (χ3n) is 2.98. The molecule has 1 aromatic carbocycles. The lowest BCUT2D eigenvalue weighted by Crippen LogP contribution is -2.28. The van der Waals surface area contributed by atoms with Crippen LogP contribution in [0.15, 0.2) is 54.0 Å². The summed E-state index contributed by atoms with van der Waals surface area (Å²) in [5.41, 5.74) is 2.31. The van der Waals surface area contributed by atoms with Gasteiger partial charge < -0.3 is 10.6 Å². The highest BCUT2D eigenvalue weighted by molar-refractivity contribution is 7.09. The smallest absolute Gasteiger partial charge is 0.319 e. The van der Waals surface area contributed by atoms with Crippen LogP contribution in [0.2, 0.25) is 5.02 Å². The van der Waals surface area contributed by atoms with Gasteiger partial charge in [0.05, 0.1) is 17.9 Å². The molecule has 0 saturated carbocycles. The van der Waals surface area contributed by atoms with E-state index in [1.165, 1.54) is 11.3 Å². The van der Waals surface area contributed by atoms with Crippen molar-refractivity contribution in [1.82, 2.24) is 15.3 Å². The highest BCUT2D eigenvalue weighted by Gasteiger charge is 2.07. The summed E-state index contributed by atoms with van der Waals surface area (Å²) in [5.74, 6) is 0. The zero-order chi connectivity index (χ0) is 16.1. The molecule has 0 spiro atoms. The molecule has 23 heavy (non-hydrogen) atoms. The van der Waals surface area contributed by atoms with Gasteiger partial charge in [-0.3, -0.25) is 4.98 Å². The molecule has 0 aliphatic heterocycles. The second-order valence-electron chi connectivity index (χ2n) is 4.66. The number of carbonyl (C=O) groups excluding carboxylic acids is 1. The molecule has 5 nitrogen and oxygen atoms in total. The van der Waals surface area contributed by atoms with Crippen LogP contribution >= 0.6 is 22.9 Å². The minimum atomic E-state index is -0.290. The molecule has 0 saturated heterocycles. The van der Waals surface area contributed by atoms with E-state index in [4.69, 9.17) is 11.6 Å². The molecule has 2 N–H and O–H groups in total. The SMILES string of the molecule is O=C(NCc1nc(-c2ccccn2)cs1)Nc1ccc(Cl)cc1. The maximum absolute atomic E-state index is 11.9. The summed E-state index contributed by atoms with van der Waals surface area (Å²) in [6.45, 7) is 0.358. The second-order valence-corrected chi connectivity index (χ2v) is 6.04. The number of thiazole rings is 1. The van der Waals surface area contributed by atoms with Crippen LogP contribution in [0.25, 0.3) is 11.4 Å². The number of carbonyl (C=O) groups is 1. The van der Waals surface area contributed by atoms with Gasteiger partial charge in [-0.2, -0.15) is 0 Å². The van der Waals surface area contributed by atoms with Gasteiger partial charge in [-0.05, 0) is 36.4 Å². The van der Waals surface area contributed by atoms with Crippen molar-refractivity contribution in [1.29, 1.82) is 0 Å². The molecular weight excluding hydrogens is 332 g/mol. The van der Waals surface area contributed by atoms with Crippen LogP contribution in [0, 0.1) is 0 Å². The van der Waals surface area contributed by atoms with Gasteiger partial charge in [0.1, 0.15) is 5.01 Å². The Balaban J connectivity index is 1.55. The molecule has 0 atom stereocenters. The number of benzene rings is 1. The highest BCUT2D eigenvalue weighted by Crippen LogP contribution is 2.19. The predicted octanol–water partition coefficient (Wildman–Crippen LogP) is 4.18. The lowest BCUT2D eigenvalue weighted by Gasteiger charge is -2.06. The second kappa shape index (κ2) is 7.21. The molecule has 2 amide bonds. The minimum Gasteiger partial charge on any atom is -0.331 e. The summed E-state index contributed by atoms with van der Waals surface area (Å²) >= 11 is 7.29. The van der Waals surface area contributed by atoms with E-state index < -0.39 is 0 Å². The summed E-state index contributed by atoms with van der Waals surface area (Å²) in [5, 5.41) is 8.87. The summed E-state index contributed by atoms with van der Waals surface area (Å²) < 4.78 is 0. The molecule has 0 aliphatic carbocycles. The lowest BCUT2D eigenvalue weighted by atomic mass is 10.3. The maximum atomic E-state index is 11.9. The Morgan fingerprint density at radius 2 is 1.96 bits per heavy atom. The fourth-order valence-corrected chi connectivity index (χ4v) is 2.74. The summed E-state index contributed by atoms with van der Waals surface area (Å²) in [6, 6.07) is 12.3. The first kappa shape index (κ1) is 15.5. The van der Waals surface area contributed by atoms with E-state index >= 15 is 0 Å². The molecule has 7 heteroatoms. The fraction of sp³-hybridized carbons (Fsp3) is 0.0625. The molecular formula is C16H13ClN4OS. The van der Waals surface area contributed by atoms with Crippen molar-refractivity contribution in [2.24, 2.45) is 0 Å². The standard InChI is InChI=1S/C16H13ClN4OS/c17-11-4-6-12(7-5-11)20-16(22)19-9-15-21-14(10-23-15)13-3-1-2-8-18-13/h1-8,10H,9H2,(H2,19,20,22). The van der Waals surface area contributed by atoms with E-state index in [-0.39, 0.29) is 6.03 Å². The summed E-state index contributed by atoms with van der Waals surface area (Å²) in [7, 11) is 0. The quantitative estimate of drug-likeness (QED) is 0.746. The average Bonchev–Trinajstić information content (AvgIpc) is 3.05. The van der Waals surface area contributed by atoms with E-state index in [2.05, 4.69) is 20.6 Å². The molecule has 3 rings (SSSR count). The number of anilines is 1. The number of nitrogens with zero attached hydrogens (tertiary/aromatic N) is 2. The van der Waals surface area contributed by atoms with Crippen LogP contribution in [0.1, 0.15) is 5.01 Å². The van der Waals surface area contributed by atoms with Crippen LogP contribution in [-0.2, 0) is 6.54 Å². The zero-order valence-corrected chi connectivity index (χ0v) is 13.6. The Hall–Kier alpha value is -2.44. The Bertz CT molecular complexity index is 789. The normalized spacial score (nSPS) is 10.3. The van der Waals surface area contributed by atoms with Gasteiger partial charge in [-0.15, -0.1) is 11.3 Å². The number of rotatable bonds is 4. The van der Waals surface area contributed by atoms with Crippen molar-refractivity contribution in [2.45, 2.75) is 6.54 Å². The summed E-state index contributed by atoms with van der Waals surface area (Å²) in [6.07, 6.45) is 1.73. The van der Waals surface area contributed by atoms with Gasteiger partial charge in [0.25, 0.3) is 0 Å². The van der Waals surface area contributed by atoms with Crippen LogP contribution < -0.4 is 10.6 Å². The third kappa shape index (κ3) is 4.28. The molecule has 0 fully saturated rings. The Morgan fingerprint density at radius 3 is 2.70 bits per heavy atom. The monoisotopic (exact) mass is 344 g/mol. The minimum absolute atomic E-state index is 0.290. The highest BCUT2D eigenvalue weighted by atomic mass is 35.5. The summed E-state index contributed by atoms with van der Waals surface area (Å²) in [4.78, 5) is 20.6. The van der Waals surface area contributed by atoms with E-state index in [1.54, 1.807) is 30.5 Å². The first-order chi connectivity index (χ1) is 11.2. The van der Waals surface area contributed by atoms with Crippen molar-refractivity contribution in [3.63, 3.8) is 0 Å². The van der Waals surface area contributed by atoms with E-state index in [0.29, 0.717) is 17.3 Å². The van der Waals surface area contributed by atoms with Gasteiger partial charge >= 0.3 is 6.03 Å². The van der Waals surface area contributed by atoms with Crippen molar-refractivity contribution < 1.29 is 4.79 Å². The number of pyridine rings is 1. The molecule has 116 valence electrons. The van der Waals surface area contributed by atoms with Crippen LogP contribution in [0.4, 0.5) is 10.5 Å². The number of nitrogens with one attached hydrogen (secondary N) is 2. The molecule has 2 heterocycles. The fourth-order valence-electron chi connectivity index (χ4n) is 1.89. The van der Waals surface area contributed by atoms with Crippen molar-refractivity contribution in [3.8, 4) is 11.4 Å². The van der Waals surface area contributed by atoms with Crippen LogP contribution in [-0.4, -0.2) is 16.0 Å². The van der Waals surface area contributed by atoms with Gasteiger partial charge in [-0.1, -0.05) is 17.7 Å². The Kier molecular flexibility index (Phi) is 4.85.